The summed E-state index contributed by atoms with van der Waals surface area (Å²) in [6.45, 7) is 22.3. The third-order valence-electron chi connectivity index (χ3n) is 8.01. The highest BCUT2D eigenvalue weighted by molar-refractivity contribution is 5.06. The van der Waals surface area contributed by atoms with Gasteiger partial charge in [0.25, 0.3) is 0 Å². The van der Waals surface area contributed by atoms with Gasteiger partial charge in [0.2, 0.25) is 0 Å². The molecule has 1 aliphatic carbocycles. The first kappa shape index (κ1) is 19.0. The summed E-state index contributed by atoms with van der Waals surface area (Å²) >= 11 is 0. The Balaban J connectivity index is 3.16. The van der Waals surface area contributed by atoms with E-state index in [9.17, 15) is 0 Å². The predicted octanol–water partition coefficient (Wildman–Crippen LogP) is 7.33. The lowest BCUT2D eigenvalue weighted by Crippen LogP contribution is -2.55. The van der Waals surface area contributed by atoms with Crippen LogP contribution in [-0.4, -0.2) is 0 Å². The zero-order valence-electron chi connectivity index (χ0n) is 16.5. The van der Waals surface area contributed by atoms with Crippen molar-refractivity contribution in [2.45, 2.75) is 101 Å². The lowest BCUT2D eigenvalue weighted by molar-refractivity contribution is -0.133. The maximum absolute atomic E-state index is 2.56. The average molecular weight is 295 g/mol. The molecule has 0 unspecified atom stereocenters. The molecule has 0 aliphatic heterocycles. The van der Waals surface area contributed by atoms with Crippen LogP contribution in [0.3, 0.4) is 0 Å². The Morgan fingerprint density at radius 3 is 1.52 bits per heavy atom. The fraction of sp³-hybridized carbons (Fsp3) is 1.00. The molecular weight excluding hydrogens is 252 g/mol. The van der Waals surface area contributed by atoms with Crippen LogP contribution in [-0.2, 0) is 0 Å². The summed E-state index contributed by atoms with van der Waals surface area (Å²) in [5.74, 6) is 2.49. The van der Waals surface area contributed by atoms with Gasteiger partial charge < -0.3 is 0 Å². The van der Waals surface area contributed by atoms with Gasteiger partial charge in [0.05, 0.1) is 0 Å². The molecule has 0 heterocycles. The van der Waals surface area contributed by atoms with E-state index in [1.54, 1.807) is 0 Å². The van der Waals surface area contributed by atoms with Gasteiger partial charge >= 0.3 is 0 Å². The van der Waals surface area contributed by atoms with E-state index in [0.717, 1.165) is 17.8 Å². The minimum Gasteiger partial charge on any atom is -0.0654 e. The van der Waals surface area contributed by atoms with Gasteiger partial charge in [-0.25, -0.2) is 0 Å². The molecule has 1 saturated carbocycles. The zero-order valence-corrected chi connectivity index (χ0v) is 16.5. The summed E-state index contributed by atoms with van der Waals surface area (Å²) < 4.78 is 0. The SMILES string of the molecule is CCCC1CCC(C(C)(C)C(C)C)(C(C)(C)C(C)C)CC1. The standard InChI is InChI=1S/C21H42/c1-10-11-18-12-14-21(15-13-18,19(6,7)16(2)3)20(8,9)17(4)5/h16-18H,10-15H2,1-9H3. The summed E-state index contributed by atoms with van der Waals surface area (Å²) in [6, 6.07) is 0. The molecule has 0 aromatic heterocycles. The first-order valence-corrected chi connectivity index (χ1v) is 9.53. The third kappa shape index (κ3) is 3.20. The van der Waals surface area contributed by atoms with Gasteiger partial charge in [-0.1, -0.05) is 75.2 Å². The maximum atomic E-state index is 2.56. The lowest BCUT2D eigenvalue weighted by atomic mass is 9.42. The van der Waals surface area contributed by atoms with Crippen LogP contribution in [0, 0.1) is 34.0 Å². The monoisotopic (exact) mass is 294 g/mol. The number of hydrogen-bond donors (Lipinski definition) is 0. The molecule has 1 fully saturated rings. The Hall–Kier alpha value is 0. The Bertz CT molecular complexity index is 289. The van der Waals surface area contributed by atoms with E-state index in [4.69, 9.17) is 0 Å². The van der Waals surface area contributed by atoms with Crippen LogP contribution in [0.1, 0.15) is 101 Å². The quantitative estimate of drug-likeness (QED) is 0.481. The normalized spacial score (nSPS) is 21.3. The van der Waals surface area contributed by atoms with Gasteiger partial charge in [-0.15, -0.1) is 0 Å². The van der Waals surface area contributed by atoms with E-state index < -0.39 is 0 Å². The second kappa shape index (κ2) is 6.63. The molecule has 1 aliphatic rings. The minimum atomic E-state index is 0.415. The van der Waals surface area contributed by atoms with Crippen molar-refractivity contribution in [3.8, 4) is 0 Å². The molecular formula is C21H42. The van der Waals surface area contributed by atoms with Crippen LogP contribution < -0.4 is 0 Å². The maximum Gasteiger partial charge on any atom is -0.0190 e. The molecule has 21 heavy (non-hydrogen) atoms. The van der Waals surface area contributed by atoms with Crippen molar-refractivity contribution in [1.82, 2.24) is 0 Å². The second-order valence-electron chi connectivity index (χ2n) is 9.57. The van der Waals surface area contributed by atoms with Gasteiger partial charge in [0.15, 0.2) is 0 Å². The first-order chi connectivity index (χ1) is 9.53. The molecule has 0 radical (unpaired) electrons. The van der Waals surface area contributed by atoms with Gasteiger partial charge in [-0.3, -0.25) is 0 Å². The highest BCUT2D eigenvalue weighted by Crippen LogP contribution is 2.65. The van der Waals surface area contributed by atoms with Gasteiger partial charge in [-0.2, -0.15) is 0 Å². The van der Waals surface area contributed by atoms with Crippen LogP contribution >= 0.6 is 0 Å². The molecule has 0 spiro atoms. The van der Waals surface area contributed by atoms with E-state index in [1.165, 1.54) is 38.5 Å². The first-order valence-electron chi connectivity index (χ1n) is 9.53. The molecule has 0 aromatic rings. The topological polar surface area (TPSA) is 0 Å². The third-order valence-corrected chi connectivity index (χ3v) is 8.01. The van der Waals surface area contributed by atoms with Crippen molar-refractivity contribution in [1.29, 1.82) is 0 Å². The molecule has 0 bridgehead atoms. The Kier molecular flexibility index (Phi) is 6.01. The predicted molar refractivity (Wildman–Crippen MR) is 96.5 cm³/mol. The molecule has 0 nitrogen and oxygen atoms in total. The van der Waals surface area contributed by atoms with Crippen molar-refractivity contribution in [2.24, 2.45) is 34.0 Å². The molecule has 0 saturated heterocycles. The van der Waals surface area contributed by atoms with Crippen molar-refractivity contribution in [2.75, 3.05) is 0 Å². The summed E-state index contributed by atoms with van der Waals surface area (Å²) in [4.78, 5) is 0. The van der Waals surface area contributed by atoms with E-state index in [0.29, 0.717) is 16.2 Å². The Morgan fingerprint density at radius 2 is 1.24 bits per heavy atom. The highest BCUT2D eigenvalue weighted by Gasteiger charge is 2.57. The summed E-state index contributed by atoms with van der Waals surface area (Å²) in [5.41, 5.74) is 1.32. The van der Waals surface area contributed by atoms with Crippen LogP contribution in [0.15, 0.2) is 0 Å². The van der Waals surface area contributed by atoms with E-state index >= 15 is 0 Å². The van der Waals surface area contributed by atoms with Crippen molar-refractivity contribution >= 4 is 0 Å². The fourth-order valence-electron chi connectivity index (χ4n) is 5.09. The van der Waals surface area contributed by atoms with Crippen molar-refractivity contribution < 1.29 is 0 Å². The summed E-state index contributed by atoms with van der Waals surface area (Å²) in [6.07, 6.45) is 8.60. The molecule has 0 amide bonds. The van der Waals surface area contributed by atoms with Crippen LogP contribution in [0.2, 0.25) is 0 Å². The Labute approximate surface area is 135 Å². The molecule has 0 heteroatoms. The van der Waals surface area contributed by atoms with Crippen LogP contribution in [0.25, 0.3) is 0 Å². The highest BCUT2D eigenvalue weighted by atomic mass is 14.6. The fourth-order valence-corrected chi connectivity index (χ4v) is 5.09. The lowest BCUT2D eigenvalue weighted by Gasteiger charge is -2.62. The van der Waals surface area contributed by atoms with Crippen molar-refractivity contribution in [3.63, 3.8) is 0 Å². The van der Waals surface area contributed by atoms with Gasteiger partial charge in [0, 0.05) is 0 Å². The van der Waals surface area contributed by atoms with E-state index in [1.807, 2.05) is 0 Å². The van der Waals surface area contributed by atoms with Gasteiger partial charge in [0.1, 0.15) is 0 Å². The second-order valence-corrected chi connectivity index (χ2v) is 9.57. The molecule has 0 aromatic carbocycles. The molecule has 1 rings (SSSR count). The molecule has 126 valence electrons. The molecule has 0 N–H and O–H groups in total. The minimum absolute atomic E-state index is 0.415. The van der Waals surface area contributed by atoms with E-state index in [2.05, 4.69) is 62.3 Å². The number of hydrogen-bond acceptors (Lipinski definition) is 0. The Morgan fingerprint density at radius 1 is 0.857 bits per heavy atom. The largest absolute Gasteiger partial charge is 0.0654 e. The zero-order chi connectivity index (χ0) is 16.5. The average Bonchev–Trinajstić information content (AvgIpc) is 2.39. The van der Waals surface area contributed by atoms with Crippen LogP contribution in [0.4, 0.5) is 0 Å². The summed E-state index contributed by atoms with van der Waals surface area (Å²) in [7, 11) is 0. The van der Waals surface area contributed by atoms with Gasteiger partial charge in [-0.05, 0) is 59.7 Å². The molecule has 0 atom stereocenters. The smallest absolute Gasteiger partial charge is 0.0190 e. The van der Waals surface area contributed by atoms with Crippen LogP contribution in [0.5, 0.6) is 0 Å². The van der Waals surface area contributed by atoms with Crippen molar-refractivity contribution in [3.05, 3.63) is 0 Å². The van der Waals surface area contributed by atoms with E-state index in [-0.39, 0.29) is 0 Å². The summed E-state index contributed by atoms with van der Waals surface area (Å²) in [5, 5.41) is 0. The number of rotatable bonds is 6.